The molecule has 108 valence electrons. The fraction of sp³-hybridized carbons (Fsp3) is 0.125. The van der Waals surface area contributed by atoms with Crippen molar-refractivity contribution in [3.05, 3.63) is 63.6 Å². The molecule has 4 nitrogen and oxygen atoms in total. The highest BCUT2D eigenvalue weighted by atomic mass is 79.9. The normalized spacial score (nSPS) is 10.2. The summed E-state index contributed by atoms with van der Waals surface area (Å²) >= 11 is 3.38. The van der Waals surface area contributed by atoms with E-state index in [1.165, 1.54) is 6.92 Å². The number of hydrogen-bond acceptors (Lipinski definition) is 3. The minimum atomic E-state index is -0.623. The Bertz CT molecular complexity index is 665. The smallest absolute Gasteiger partial charge is 0.252 e. The Labute approximate surface area is 131 Å². The largest absolute Gasteiger partial charge is 0.487 e. The van der Waals surface area contributed by atoms with Crippen molar-refractivity contribution in [3.63, 3.8) is 0 Å². The van der Waals surface area contributed by atoms with Crippen molar-refractivity contribution in [2.75, 3.05) is 0 Å². The van der Waals surface area contributed by atoms with Gasteiger partial charge < -0.3 is 10.5 Å². The zero-order valence-corrected chi connectivity index (χ0v) is 13.0. The second-order valence-corrected chi connectivity index (χ2v) is 5.44. The van der Waals surface area contributed by atoms with Gasteiger partial charge in [0.1, 0.15) is 12.4 Å². The van der Waals surface area contributed by atoms with Crippen molar-refractivity contribution >= 4 is 27.6 Å². The SMILES string of the molecule is CC(=O)c1cccc(C(N)=O)c1OCc1cccc(Br)c1. The minimum absolute atomic E-state index is 0.178. The van der Waals surface area contributed by atoms with Crippen LogP contribution in [0.15, 0.2) is 46.9 Å². The van der Waals surface area contributed by atoms with E-state index in [9.17, 15) is 9.59 Å². The Morgan fingerprint density at radius 3 is 2.43 bits per heavy atom. The lowest BCUT2D eigenvalue weighted by atomic mass is 10.1. The highest BCUT2D eigenvalue weighted by Crippen LogP contribution is 2.26. The van der Waals surface area contributed by atoms with Gasteiger partial charge in [0.25, 0.3) is 5.91 Å². The Morgan fingerprint density at radius 2 is 1.81 bits per heavy atom. The van der Waals surface area contributed by atoms with Gasteiger partial charge in [-0.25, -0.2) is 0 Å². The predicted molar refractivity (Wildman–Crippen MR) is 83.4 cm³/mol. The molecule has 0 aliphatic carbocycles. The molecule has 0 aromatic heterocycles. The van der Waals surface area contributed by atoms with Crippen molar-refractivity contribution in [2.24, 2.45) is 5.73 Å². The topological polar surface area (TPSA) is 69.4 Å². The Kier molecular flexibility index (Phi) is 4.75. The first kappa shape index (κ1) is 15.3. The van der Waals surface area contributed by atoms with Gasteiger partial charge in [-0.1, -0.05) is 34.1 Å². The molecule has 0 spiro atoms. The molecule has 2 N–H and O–H groups in total. The molecule has 0 fully saturated rings. The molecule has 5 heteroatoms. The molecule has 0 bridgehead atoms. The Balaban J connectivity index is 2.33. The molecular formula is C16H14BrNO3. The molecule has 2 aromatic carbocycles. The van der Waals surface area contributed by atoms with Crippen molar-refractivity contribution in [1.29, 1.82) is 0 Å². The van der Waals surface area contributed by atoms with Crippen LogP contribution in [-0.4, -0.2) is 11.7 Å². The molecule has 2 rings (SSSR count). The predicted octanol–water partition coefficient (Wildman–Crippen LogP) is 3.33. The Morgan fingerprint density at radius 1 is 1.14 bits per heavy atom. The molecule has 21 heavy (non-hydrogen) atoms. The lowest BCUT2D eigenvalue weighted by Crippen LogP contribution is -2.15. The summed E-state index contributed by atoms with van der Waals surface area (Å²) in [6.07, 6.45) is 0. The number of nitrogens with two attached hydrogens (primary N) is 1. The number of rotatable bonds is 5. The number of primary amides is 1. The fourth-order valence-corrected chi connectivity index (χ4v) is 2.39. The Hall–Kier alpha value is -2.14. The van der Waals surface area contributed by atoms with Crippen molar-refractivity contribution in [1.82, 2.24) is 0 Å². The van der Waals surface area contributed by atoms with Crippen LogP contribution < -0.4 is 10.5 Å². The first-order chi connectivity index (χ1) is 9.99. The molecule has 2 aromatic rings. The number of hydrogen-bond donors (Lipinski definition) is 1. The van der Waals surface area contributed by atoms with E-state index in [1.54, 1.807) is 18.2 Å². The monoisotopic (exact) mass is 347 g/mol. The third-order valence-electron chi connectivity index (χ3n) is 2.93. The average Bonchev–Trinajstić information content (AvgIpc) is 2.44. The third kappa shape index (κ3) is 3.70. The van der Waals surface area contributed by atoms with Crippen LogP contribution in [0.2, 0.25) is 0 Å². The maximum Gasteiger partial charge on any atom is 0.252 e. The van der Waals surface area contributed by atoms with Crippen molar-refractivity contribution in [3.8, 4) is 5.75 Å². The van der Waals surface area contributed by atoms with Crippen molar-refractivity contribution < 1.29 is 14.3 Å². The van der Waals surface area contributed by atoms with E-state index in [-0.39, 0.29) is 23.7 Å². The highest BCUT2D eigenvalue weighted by Gasteiger charge is 2.16. The number of carbonyl (C=O) groups is 2. The number of amides is 1. The number of benzene rings is 2. The van der Waals surface area contributed by atoms with Gasteiger partial charge in [0.2, 0.25) is 0 Å². The van der Waals surface area contributed by atoms with E-state index in [2.05, 4.69) is 15.9 Å². The van der Waals surface area contributed by atoms with E-state index in [4.69, 9.17) is 10.5 Å². The highest BCUT2D eigenvalue weighted by molar-refractivity contribution is 9.10. The number of halogens is 1. The van der Waals surface area contributed by atoms with Crippen LogP contribution in [0.1, 0.15) is 33.2 Å². The molecule has 0 heterocycles. The second-order valence-electron chi connectivity index (χ2n) is 4.52. The molecule has 0 saturated carbocycles. The van der Waals surface area contributed by atoms with Crippen LogP contribution in [0, 0.1) is 0 Å². The summed E-state index contributed by atoms with van der Waals surface area (Å²) in [7, 11) is 0. The lowest BCUT2D eigenvalue weighted by molar-refractivity contribution is 0.0995. The summed E-state index contributed by atoms with van der Waals surface area (Å²) < 4.78 is 6.62. The summed E-state index contributed by atoms with van der Waals surface area (Å²) in [5.41, 5.74) is 6.81. The quantitative estimate of drug-likeness (QED) is 0.843. The van der Waals surface area contributed by atoms with Gasteiger partial charge in [-0.3, -0.25) is 9.59 Å². The van der Waals surface area contributed by atoms with Crippen LogP contribution in [0.25, 0.3) is 0 Å². The van der Waals surface area contributed by atoms with Gasteiger partial charge in [0, 0.05) is 4.47 Å². The van der Waals surface area contributed by atoms with Gasteiger partial charge in [-0.05, 0) is 36.8 Å². The maximum atomic E-state index is 11.7. The zero-order valence-electron chi connectivity index (χ0n) is 11.4. The first-order valence-electron chi connectivity index (χ1n) is 6.30. The van der Waals surface area contributed by atoms with Crippen LogP contribution in [0.3, 0.4) is 0 Å². The molecule has 0 saturated heterocycles. The van der Waals surface area contributed by atoms with Crippen LogP contribution in [-0.2, 0) is 6.61 Å². The van der Waals surface area contributed by atoms with Crippen LogP contribution >= 0.6 is 15.9 Å². The number of Topliss-reactive ketones (excluding diaryl/α,β-unsaturated/α-hetero) is 1. The van der Waals surface area contributed by atoms with E-state index in [1.807, 2.05) is 24.3 Å². The molecule has 0 atom stereocenters. The summed E-state index contributed by atoms with van der Waals surface area (Å²) in [5, 5.41) is 0. The van der Waals surface area contributed by atoms with Gasteiger partial charge in [0.05, 0.1) is 11.1 Å². The summed E-state index contributed by atoms with van der Waals surface area (Å²) in [5.74, 6) is -0.567. The summed E-state index contributed by atoms with van der Waals surface area (Å²) in [6, 6.07) is 12.4. The second kappa shape index (κ2) is 6.54. The van der Waals surface area contributed by atoms with Crippen molar-refractivity contribution in [2.45, 2.75) is 13.5 Å². The molecule has 0 radical (unpaired) electrons. The zero-order chi connectivity index (χ0) is 15.4. The standard InChI is InChI=1S/C16H14BrNO3/c1-10(19)13-6-3-7-14(16(18)20)15(13)21-9-11-4-2-5-12(17)8-11/h2-8H,9H2,1H3,(H2,18,20). The van der Waals surface area contributed by atoms with E-state index < -0.39 is 5.91 Å². The average molecular weight is 348 g/mol. The molecule has 0 aliphatic rings. The van der Waals surface area contributed by atoms with Crippen LogP contribution in [0.5, 0.6) is 5.75 Å². The van der Waals surface area contributed by atoms with Gasteiger partial charge in [-0.2, -0.15) is 0 Å². The van der Waals surface area contributed by atoms with Gasteiger partial charge in [-0.15, -0.1) is 0 Å². The van der Waals surface area contributed by atoms with E-state index >= 15 is 0 Å². The van der Waals surface area contributed by atoms with E-state index in [0.717, 1.165) is 10.0 Å². The number of ether oxygens (including phenoxy) is 1. The molecule has 0 aliphatic heterocycles. The van der Waals surface area contributed by atoms with Gasteiger partial charge in [0.15, 0.2) is 5.78 Å². The molecular weight excluding hydrogens is 334 g/mol. The minimum Gasteiger partial charge on any atom is -0.487 e. The number of ketones is 1. The van der Waals surface area contributed by atoms with Gasteiger partial charge >= 0.3 is 0 Å². The first-order valence-corrected chi connectivity index (χ1v) is 7.09. The molecule has 0 unspecified atom stereocenters. The summed E-state index contributed by atoms with van der Waals surface area (Å²) in [6.45, 7) is 1.66. The number of para-hydroxylation sites is 1. The number of carbonyl (C=O) groups excluding carboxylic acids is 2. The fourth-order valence-electron chi connectivity index (χ4n) is 1.95. The lowest BCUT2D eigenvalue weighted by Gasteiger charge is -2.13. The molecule has 1 amide bonds. The van der Waals surface area contributed by atoms with E-state index in [0.29, 0.717) is 5.56 Å². The van der Waals surface area contributed by atoms with Crippen LogP contribution in [0.4, 0.5) is 0 Å². The summed E-state index contributed by atoms with van der Waals surface area (Å²) in [4.78, 5) is 23.2. The third-order valence-corrected chi connectivity index (χ3v) is 3.43. The maximum absolute atomic E-state index is 11.7.